The zero-order valence-corrected chi connectivity index (χ0v) is 13.2. The molecular weight excluding hydrogens is 224 g/mol. The first kappa shape index (κ1) is 16.0. The van der Waals surface area contributed by atoms with Gasteiger partial charge in [0.1, 0.15) is 0 Å². The van der Waals surface area contributed by atoms with E-state index in [2.05, 4.69) is 41.5 Å². The maximum Gasteiger partial charge on any atom is 0.0598 e. The lowest BCUT2D eigenvalue weighted by Gasteiger charge is -2.32. The lowest BCUT2D eigenvalue weighted by molar-refractivity contribution is -0.0523. The van der Waals surface area contributed by atoms with E-state index in [1.807, 2.05) is 0 Å². The SMILES string of the molecule is CC(C)(C)OCC1CCCC(COC(C)(C)C)C1. The van der Waals surface area contributed by atoms with Gasteiger partial charge in [0.15, 0.2) is 0 Å². The molecule has 0 N–H and O–H groups in total. The molecule has 18 heavy (non-hydrogen) atoms. The third-order valence-corrected chi connectivity index (χ3v) is 3.40. The fourth-order valence-corrected chi connectivity index (χ4v) is 2.44. The molecule has 1 aliphatic carbocycles. The van der Waals surface area contributed by atoms with Crippen LogP contribution in [0, 0.1) is 11.8 Å². The van der Waals surface area contributed by atoms with Crippen molar-refractivity contribution in [2.24, 2.45) is 11.8 Å². The summed E-state index contributed by atoms with van der Waals surface area (Å²) in [5.74, 6) is 1.46. The first-order valence-corrected chi connectivity index (χ1v) is 7.44. The molecule has 2 nitrogen and oxygen atoms in total. The van der Waals surface area contributed by atoms with E-state index in [9.17, 15) is 0 Å². The molecule has 2 atom stereocenters. The van der Waals surface area contributed by atoms with Crippen LogP contribution in [-0.2, 0) is 9.47 Å². The summed E-state index contributed by atoms with van der Waals surface area (Å²) in [5.41, 5.74) is -0.0102. The highest BCUT2D eigenvalue weighted by molar-refractivity contribution is 4.75. The minimum Gasteiger partial charge on any atom is -0.376 e. The van der Waals surface area contributed by atoms with E-state index in [4.69, 9.17) is 9.47 Å². The summed E-state index contributed by atoms with van der Waals surface area (Å²) < 4.78 is 11.8. The Morgan fingerprint density at radius 2 is 1.17 bits per heavy atom. The van der Waals surface area contributed by atoms with E-state index < -0.39 is 0 Å². The fourth-order valence-electron chi connectivity index (χ4n) is 2.44. The predicted octanol–water partition coefficient (Wildman–Crippen LogP) is 4.42. The average Bonchev–Trinajstić information content (AvgIpc) is 2.22. The van der Waals surface area contributed by atoms with Crippen LogP contribution in [0.5, 0.6) is 0 Å². The Balaban J connectivity index is 2.28. The summed E-state index contributed by atoms with van der Waals surface area (Å²) in [6.45, 7) is 14.6. The largest absolute Gasteiger partial charge is 0.376 e. The van der Waals surface area contributed by atoms with Crippen molar-refractivity contribution in [3.63, 3.8) is 0 Å². The molecule has 2 unspecified atom stereocenters. The molecule has 0 bridgehead atoms. The second-order valence-corrected chi connectivity index (χ2v) is 7.75. The molecule has 0 amide bonds. The molecule has 0 aliphatic heterocycles. The quantitative estimate of drug-likeness (QED) is 0.741. The first-order chi connectivity index (χ1) is 8.16. The van der Waals surface area contributed by atoms with E-state index in [-0.39, 0.29) is 11.2 Å². The normalized spacial score (nSPS) is 26.3. The Morgan fingerprint density at radius 3 is 1.50 bits per heavy atom. The number of hydrogen-bond acceptors (Lipinski definition) is 2. The fraction of sp³-hybridized carbons (Fsp3) is 1.00. The molecule has 0 spiro atoms. The molecule has 0 saturated heterocycles. The van der Waals surface area contributed by atoms with Crippen LogP contribution < -0.4 is 0 Å². The van der Waals surface area contributed by atoms with Crippen molar-refractivity contribution in [1.82, 2.24) is 0 Å². The first-order valence-electron chi connectivity index (χ1n) is 7.44. The molecule has 1 fully saturated rings. The minimum absolute atomic E-state index is 0.00511. The van der Waals surface area contributed by atoms with Gasteiger partial charge in [0.05, 0.1) is 24.4 Å². The zero-order valence-electron chi connectivity index (χ0n) is 13.2. The van der Waals surface area contributed by atoms with Gasteiger partial charge in [-0.05, 0) is 72.6 Å². The van der Waals surface area contributed by atoms with Crippen molar-refractivity contribution in [2.45, 2.75) is 78.4 Å². The third-order valence-electron chi connectivity index (χ3n) is 3.40. The second kappa shape index (κ2) is 6.38. The van der Waals surface area contributed by atoms with E-state index in [1.54, 1.807) is 0 Å². The van der Waals surface area contributed by atoms with Gasteiger partial charge in [0.25, 0.3) is 0 Å². The van der Waals surface area contributed by atoms with Gasteiger partial charge in [-0.15, -0.1) is 0 Å². The highest BCUT2D eigenvalue weighted by Crippen LogP contribution is 2.31. The Bertz CT molecular complexity index is 210. The molecular formula is C16H32O2. The summed E-state index contributed by atoms with van der Waals surface area (Å²) in [5, 5.41) is 0. The molecule has 1 rings (SSSR count). The molecule has 0 aromatic heterocycles. The van der Waals surface area contributed by atoms with Crippen LogP contribution in [0.2, 0.25) is 0 Å². The van der Waals surface area contributed by atoms with Gasteiger partial charge in [-0.2, -0.15) is 0 Å². The van der Waals surface area contributed by atoms with Crippen molar-refractivity contribution >= 4 is 0 Å². The summed E-state index contributed by atoms with van der Waals surface area (Å²) in [6, 6.07) is 0. The molecule has 0 radical (unpaired) electrons. The highest BCUT2D eigenvalue weighted by Gasteiger charge is 2.25. The van der Waals surface area contributed by atoms with Gasteiger partial charge in [-0.3, -0.25) is 0 Å². The number of ether oxygens (including phenoxy) is 2. The zero-order chi connectivity index (χ0) is 13.8. The van der Waals surface area contributed by atoms with Gasteiger partial charge in [-0.1, -0.05) is 6.42 Å². The summed E-state index contributed by atoms with van der Waals surface area (Å²) in [6.07, 6.45) is 5.24. The van der Waals surface area contributed by atoms with E-state index >= 15 is 0 Å². The van der Waals surface area contributed by atoms with Crippen molar-refractivity contribution in [1.29, 1.82) is 0 Å². The van der Waals surface area contributed by atoms with Crippen LogP contribution in [0.3, 0.4) is 0 Å². The molecule has 1 aliphatic rings. The number of rotatable bonds is 4. The van der Waals surface area contributed by atoms with Crippen LogP contribution in [-0.4, -0.2) is 24.4 Å². The van der Waals surface area contributed by atoms with Crippen LogP contribution in [0.1, 0.15) is 67.2 Å². The molecule has 2 heteroatoms. The lowest BCUT2D eigenvalue weighted by Crippen LogP contribution is -2.30. The Kier molecular flexibility index (Phi) is 5.67. The highest BCUT2D eigenvalue weighted by atomic mass is 16.5. The van der Waals surface area contributed by atoms with Crippen molar-refractivity contribution in [2.75, 3.05) is 13.2 Å². The number of hydrogen-bond donors (Lipinski definition) is 0. The second-order valence-electron chi connectivity index (χ2n) is 7.75. The van der Waals surface area contributed by atoms with E-state index in [0.717, 1.165) is 25.0 Å². The minimum atomic E-state index is -0.00511. The van der Waals surface area contributed by atoms with Gasteiger partial charge >= 0.3 is 0 Å². The van der Waals surface area contributed by atoms with Crippen LogP contribution in [0.4, 0.5) is 0 Å². The summed E-state index contributed by atoms with van der Waals surface area (Å²) >= 11 is 0. The summed E-state index contributed by atoms with van der Waals surface area (Å²) in [4.78, 5) is 0. The molecule has 1 saturated carbocycles. The molecule has 0 heterocycles. The third kappa shape index (κ3) is 7.38. The van der Waals surface area contributed by atoms with Gasteiger partial charge in [0.2, 0.25) is 0 Å². The van der Waals surface area contributed by atoms with E-state index in [1.165, 1.54) is 25.7 Å². The maximum atomic E-state index is 5.92. The topological polar surface area (TPSA) is 18.5 Å². The van der Waals surface area contributed by atoms with Gasteiger partial charge in [0, 0.05) is 0 Å². The smallest absolute Gasteiger partial charge is 0.0598 e. The maximum absolute atomic E-state index is 5.92. The van der Waals surface area contributed by atoms with Gasteiger partial charge in [-0.25, -0.2) is 0 Å². The molecule has 108 valence electrons. The van der Waals surface area contributed by atoms with Crippen molar-refractivity contribution < 1.29 is 9.47 Å². The predicted molar refractivity (Wildman–Crippen MR) is 76.9 cm³/mol. The Hall–Kier alpha value is -0.0800. The van der Waals surface area contributed by atoms with E-state index in [0.29, 0.717) is 0 Å². The molecule has 0 aromatic carbocycles. The van der Waals surface area contributed by atoms with Crippen LogP contribution in [0.25, 0.3) is 0 Å². The monoisotopic (exact) mass is 256 g/mol. The van der Waals surface area contributed by atoms with Crippen molar-refractivity contribution in [3.05, 3.63) is 0 Å². The Labute approximate surface area is 113 Å². The van der Waals surface area contributed by atoms with Crippen LogP contribution in [0.15, 0.2) is 0 Å². The van der Waals surface area contributed by atoms with Crippen LogP contribution >= 0.6 is 0 Å². The Morgan fingerprint density at radius 1 is 0.778 bits per heavy atom. The van der Waals surface area contributed by atoms with Crippen molar-refractivity contribution in [3.8, 4) is 0 Å². The molecule has 0 aromatic rings. The standard InChI is InChI=1S/C16H32O2/c1-15(2,3)17-11-13-8-7-9-14(10-13)12-18-16(4,5)6/h13-14H,7-12H2,1-6H3. The summed E-state index contributed by atoms with van der Waals surface area (Å²) in [7, 11) is 0. The van der Waals surface area contributed by atoms with Gasteiger partial charge < -0.3 is 9.47 Å². The average molecular weight is 256 g/mol. The lowest BCUT2D eigenvalue weighted by atomic mass is 9.82.